The SMILES string of the molecule is N#Cc1nc(OC(F)(F)F)ccc1N. The van der Waals surface area contributed by atoms with Crippen LogP contribution in [0.5, 0.6) is 5.88 Å². The number of pyridine rings is 1. The van der Waals surface area contributed by atoms with Crippen LogP contribution in [0.1, 0.15) is 5.69 Å². The van der Waals surface area contributed by atoms with Crippen molar-refractivity contribution in [3.63, 3.8) is 0 Å². The lowest BCUT2D eigenvalue weighted by Gasteiger charge is -2.07. The van der Waals surface area contributed by atoms with E-state index in [1.54, 1.807) is 0 Å². The lowest BCUT2D eigenvalue weighted by Crippen LogP contribution is -2.18. The third kappa shape index (κ3) is 2.52. The number of nitrogen functional groups attached to an aromatic ring is 1. The fourth-order valence-corrected chi connectivity index (χ4v) is 0.717. The highest BCUT2D eigenvalue weighted by Gasteiger charge is 2.31. The summed E-state index contributed by atoms with van der Waals surface area (Å²) >= 11 is 0. The molecule has 0 fully saturated rings. The van der Waals surface area contributed by atoms with Gasteiger partial charge in [-0.25, -0.2) is 4.98 Å². The number of hydrogen-bond acceptors (Lipinski definition) is 4. The molecule has 0 unspecified atom stereocenters. The topological polar surface area (TPSA) is 71.9 Å². The maximum Gasteiger partial charge on any atom is 0.574 e. The lowest BCUT2D eigenvalue weighted by atomic mass is 10.3. The van der Waals surface area contributed by atoms with Crippen molar-refractivity contribution in [1.82, 2.24) is 4.98 Å². The van der Waals surface area contributed by atoms with Crippen molar-refractivity contribution in [3.8, 4) is 11.9 Å². The number of aromatic nitrogens is 1. The molecule has 0 aliphatic heterocycles. The molecule has 0 spiro atoms. The van der Waals surface area contributed by atoms with E-state index in [1.807, 2.05) is 0 Å². The summed E-state index contributed by atoms with van der Waals surface area (Å²) in [6.45, 7) is 0. The molecule has 1 heterocycles. The first kappa shape index (κ1) is 10.1. The number of anilines is 1. The summed E-state index contributed by atoms with van der Waals surface area (Å²) in [6.07, 6.45) is -4.82. The standard InChI is InChI=1S/C7H4F3N3O/c8-7(9,10)14-6-2-1-4(12)5(3-11)13-6/h1-2H,12H2. The first-order valence-corrected chi connectivity index (χ1v) is 3.35. The van der Waals surface area contributed by atoms with Crippen LogP contribution in [0.4, 0.5) is 18.9 Å². The molecular formula is C7H4F3N3O. The zero-order valence-electron chi connectivity index (χ0n) is 6.67. The molecule has 0 saturated heterocycles. The average Bonchev–Trinajstić information content (AvgIpc) is 2.06. The Morgan fingerprint density at radius 1 is 1.43 bits per heavy atom. The Hall–Kier alpha value is -1.97. The van der Waals surface area contributed by atoms with Crippen molar-refractivity contribution in [3.05, 3.63) is 17.8 Å². The predicted molar refractivity (Wildman–Crippen MR) is 40.0 cm³/mol. The predicted octanol–water partition coefficient (Wildman–Crippen LogP) is 1.43. The van der Waals surface area contributed by atoms with Gasteiger partial charge in [0.15, 0.2) is 5.69 Å². The highest BCUT2D eigenvalue weighted by molar-refractivity contribution is 5.50. The molecule has 7 heteroatoms. The van der Waals surface area contributed by atoms with Crippen molar-refractivity contribution < 1.29 is 17.9 Å². The van der Waals surface area contributed by atoms with E-state index in [0.29, 0.717) is 0 Å². The molecule has 0 amide bonds. The van der Waals surface area contributed by atoms with Crippen LogP contribution in [0, 0.1) is 11.3 Å². The second kappa shape index (κ2) is 3.41. The smallest absolute Gasteiger partial charge is 0.396 e. The zero-order valence-corrected chi connectivity index (χ0v) is 6.67. The number of nitriles is 1. The van der Waals surface area contributed by atoms with Gasteiger partial charge in [-0.05, 0) is 6.07 Å². The van der Waals surface area contributed by atoms with E-state index in [1.165, 1.54) is 6.07 Å². The Morgan fingerprint density at radius 2 is 2.07 bits per heavy atom. The minimum Gasteiger partial charge on any atom is -0.396 e. The molecule has 74 valence electrons. The van der Waals surface area contributed by atoms with Crippen LogP contribution < -0.4 is 10.5 Å². The highest BCUT2D eigenvalue weighted by Crippen LogP contribution is 2.22. The summed E-state index contributed by atoms with van der Waals surface area (Å²) in [6, 6.07) is 3.59. The van der Waals surface area contributed by atoms with Crippen LogP contribution in [0.3, 0.4) is 0 Å². The van der Waals surface area contributed by atoms with Crippen LogP contribution in [0.2, 0.25) is 0 Å². The van der Waals surface area contributed by atoms with Crippen molar-refractivity contribution in [2.45, 2.75) is 6.36 Å². The molecule has 1 aromatic rings. The van der Waals surface area contributed by atoms with Gasteiger partial charge in [0.2, 0.25) is 5.88 Å². The molecule has 0 aromatic carbocycles. The monoisotopic (exact) mass is 203 g/mol. The lowest BCUT2D eigenvalue weighted by molar-refractivity contribution is -0.276. The Kier molecular flexibility index (Phi) is 2.47. The number of nitrogens with two attached hydrogens (primary N) is 1. The summed E-state index contributed by atoms with van der Waals surface area (Å²) in [5.74, 6) is -0.705. The summed E-state index contributed by atoms with van der Waals surface area (Å²) < 4.78 is 38.6. The second-order valence-corrected chi connectivity index (χ2v) is 2.25. The second-order valence-electron chi connectivity index (χ2n) is 2.25. The van der Waals surface area contributed by atoms with Gasteiger partial charge < -0.3 is 10.5 Å². The van der Waals surface area contributed by atoms with Crippen LogP contribution in [0.15, 0.2) is 12.1 Å². The zero-order chi connectivity index (χ0) is 10.8. The summed E-state index contributed by atoms with van der Waals surface area (Å²) in [7, 11) is 0. The number of alkyl halides is 3. The Morgan fingerprint density at radius 3 is 2.57 bits per heavy atom. The van der Waals surface area contributed by atoms with E-state index in [9.17, 15) is 13.2 Å². The average molecular weight is 203 g/mol. The molecule has 0 atom stereocenters. The first-order chi connectivity index (χ1) is 6.42. The highest BCUT2D eigenvalue weighted by atomic mass is 19.4. The number of halogens is 3. The van der Waals surface area contributed by atoms with Crippen LogP contribution in [-0.4, -0.2) is 11.3 Å². The van der Waals surface area contributed by atoms with E-state index in [2.05, 4.69) is 9.72 Å². The van der Waals surface area contributed by atoms with Gasteiger partial charge in [-0.2, -0.15) is 5.26 Å². The molecule has 14 heavy (non-hydrogen) atoms. The van der Waals surface area contributed by atoms with Gasteiger partial charge in [-0.15, -0.1) is 13.2 Å². The van der Waals surface area contributed by atoms with Gasteiger partial charge in [-0.3, -0.25) is 0 Å². The van der Waals surface area contributed by atoms with E-state index < -0.39 is 12.2 Å². The fraction of sp³-hybridized carbons (Fsp3) is 0.143. The van der Waals surface area contributed by atoms with Crippen molar-refractivity contribution in [1.29, 1.82) is 5.26 Å². The Bertz CT molecular complexity index is 383. The van der Waals surface area contributed by atoms with Crippen molar-refractivity contribution in [2.24, 2.45) is 0 Å². The minimum absolute atomic E-state index is 0.00187. The summed E-state index contributed by atoms with van der Waals surface area (Å²) in [5, 5.41) is 8.41. The van der Waals surface area contributed by atoms with Gasteiger partial charge in [0, 0.05) is 6.07 Å². The van der Waals surface area contributed by atoms with Crippen molar-refractivity contribution >= 4 is 5.69 Å². The largest absolute Gasteiger partial charge is 0.574 e. The molecule has 0 bridgehead atoms. The van der Waals surface area contributed by atoms with Gasteiger partial charge in [0.1, 0.15) is 6.07 Å². The van der Waals surface area contributed by atoms with Crippen molar-refractivity contribution in [2.75, 3.05) is 5.73 Å². The maximum atomic E-state index is 11.7. The molecule has 2 N–H and O–H groups in total. The normalized spacial score (nSPS) is 10.7. The number of nitrogens with zero attached hydrogens (tertiary/aromatic N) is 2. The molecule has 1 aromatic heterocycles. The molecule has 0 aliphatic rings. The maximum absolute atomic E-state index is 11.7. The third-order valence-electron chi connectivity index (χ3n) is 1.23. The van der Waals surface area contributed by atoms with Gasteiger partial charge in [0.25, 0.3) is 0 Å². The first-order valence-electron chi connectivity index (χ1n) is 3.35. The Balaban J connectivity index is 2.97. The van der Waals surface area contributed by atoms with Gasteiger partial charge >= 0.3 is 6.36 Å². The molecular weight excluding hydrogens is 199 g/mol. The summed E-state index contributed by atoms with van der Waals surface area (Å²) in [4.78, 5) is 3.25. The number of ether oxygens (including phenoxy) is 1. The molecule has 4 nitrogen and oxygen atoms in total. The molecule has 0 radical (unpaired) electrons. The van der Waals surface area contributed by atoms with E-state index in [-0.39, 0.29) is 11.4 Å². The quantitative estimate of drug-likeness (QED) is 0.749. The van der Waals surface area contributed by atoms with Gasteiger partial charge in [0.05, 0.1) is 5.69 Å². The van der Waals surface area contributed by atoms with E-state index >= 15 is 0 Å². The van der Waals surface area contributed by atoms with Crippen LogP contribution in [-0.2, 0) is 0 Å². The number of rotatable bonds is 1. The molecule has 0 saturated carbocycles. The van der Waals surface area contributed by atoms with Crippen LogP contribution >= 0.6 is 0 Å². The van der Waals surface area contributed by atoms with E-state index in [0.717, 1.165) is 12.1 Å². The van der Waals surface area contributed by atoms with Gasteiger partial charge in [-0.1, -0.05) is 0 Å². The Labute approximate surface area is 76.7 Å². The number of hydrogen-bond donors (Lipinski definition) is 1. The minimum atomic E-state index is -4.82. The fourth-order valence-electron chi connectivity index (χ4n) is 0.717. The third-order valence-corrected chi connectivity index (χ3v) is 1.23. The summed E-state index contributed by atoms with van der Waals surface area (Å²) in [5.41, 5.74) is 4.94. The molecule has 1 rings (SSSR count). The molecule has 0 aliphatic carbocycles. The van der Waals surface area contributed by atoms with E-state index in [4.69, 9.17) is 11.0 Å². The van der Waals surface area contributed by atoms with Crippen LogP contribution in [0.25, 0.3) is 0 Å².